The minimum Gasteiger partial charge on any atom is -0.481 e. The van der Waals surface area contributed by atoms with Gasteiger partial charge in [-0.15, -0.1) is 11.3 Å². The molecule has 24 heavy (non-hydrogen) atoms. The normalized spacial score (nSPS) is 27.7. The summed E-state index contributed by atoms with van der Waals surface area (Å²) >= 11 is 3.18. The number of carboxylic acids is 1. The Morgan fingerprint density at radius 3 is 2.75 bits per heavy atom. The van der Waals surface area contributed by atoms with Crippen molar-refractivity contribution in [2.45, 2.75) is 10.8 Å². The first-order valence-electron chi connectivity index (χ1n) is 7.73. The van der Waals surface area contributed by atoms with Gasteiger partial charge < -0.3 is 10.4 Å². The predicted molar refractivity (Wildman–Crippen MR) is 95.4 cm³/mol. The fraction of sp³-hybridized carbons (Fsp3) is 0.353. The van der Waals surface area contributed by atoms with Crippen molar-refractivity contribution in [1.29, 1.82) is 0 Å². The zero-order valence-electron chi connectivity index (χ0n) is 12.9. The second-order valence-corrected chi connectivity index (χ2v) is 8.28. The van der Waals surface area contributed by atoms with Crippen LogP contribution in [0.1, 0.15) is 6.42 Å². The molecule has 2 aliphatic carbocycles. The molecule has 0 saturated heterocycles. The smallest absolute Gasteiger partial charge is 0.307 e. The highest BCUT2D eigenvalue weighted by molar-refractivity contribution is 8.00. The number of benzene rings is 1. The number of carbonyl (C=O) groups excluding carboxylic acids is 1. The van der Waals surface area contributed by atoms with E-state index in [9.17, 15) is 14.7 Å². The van der Waals surface area contributed by atoms with Crippen molar-refractivity contribution in [2.75, 3.05) is 11.6 Å². The van der Waals surface area contributed by atoms with Crippen LogP contribution in [0.15, 0.2) is 34.7 Å². The highest BCUT2D eigenvalue weighted by Gasteiger charge is 2.51. The molecule has 1 aromatic heterocycles. The number of amides is 1. The average Bonchev–Trinajstić information content (AvgIpc) is 3.26. The van der Waals surface area contributed by atoms with Gasteiger partial charge in [0.25, 0.3) is 0 Å². The second-order valence-electron chi connectivity index (χ2n) is 6.19. The molecule has 1 heterocycles. The Kier molecular flexibility index (Phi) is 3.85. The van der Waals surface area contributed by atoms with Crippen LogP contribution in [0, 0.1) is 23.7 Å². The number of fused-ring (bicyclic) bond motifs is 3. The molecule has 0 radical (unpaired) electrons. The van der Waals surface area contributed by atoms with E-state index < -0.39 is 17.8 Å². The Morgan fingerprint density at radius 2 is 2.04 bits per heavy atom. The second kappa shape index (κ2) is 5.89. The number of hydrogen-bond donors (Lipinski definition) is 2. The number of aromatic nitrogens is 1. The van der Waals surface area contributed by atoms with Crippen LogP contribution in [0.2, 0.25) is 0 Å². The van der Waals surface area contributed by atoms with E-state index in [-0.39, 0.29) is 17.7 Å². The molecule has 4 atom stereocenters. The number of nitrogens with zero attached hydrogens (tertiary/aromatic N) is 1. The van der Waals surface area contributed by atoms with Crippen molar-refractivity contribution in [3.8, 4) is 0 Å². The molecule has 124 valence electrons. The lowest BCUT2D eigenvalue weighted by molar-refractivity contribution is -0.146. The van der Waals surface area contributed by atoms with Crippen LogP contribution in [-0.4, -0.2) is 28.2 Å². The molecule has 4 rings (SSSR count). The van der Waals surface area contributed by atoms with E-state index in [1.807, 2.05) is 36.6 Å². The SMILES string of the molecule is CSc1nc2ccc(NC(=O)[C@@H]3[C@H](C(=O)O)[C@H]4C=C[C@H]3C4)cc2s1. The summed E-state index contributed by atoms with van der Waals surface area (Å²) < 4.78 is 2.00. The molecular formula is C17H16N2O3S2. The number of nitrogens with one attached hydrogen (secondary N) is 1. The molecule has 0 unspecified atom stereocenters. The van der Waals surface area contributed by atoms with Gasteiger partial charge in [-0.2, -0.15) is 0 Å². The lowest BCUT2D eigenvalue weighted by Gasteiger charge is -2.23. The molecule has 0 aliphatic heterocycles. The predicted octanol–water partition coefficient (Wildman–Crippen LogP) is 3.48. The quantitative estimate of drug-likeness (QED) is 0.645. The van der Waals surface area contributed by atoms with Gasteiger partial charge in [-0.1, -0.05) is 23.9 Å². The van der Waals surface area contributed by atoms with Gasteiger partial charge >= 0.3 is 5.97 Å². The van der Waals surface area contributed by atoms with Crippen LogP contribution in [0.4, 0.5) is 5.69 Å². The molecular weight excluding hydrogens is 344 g/mol. The molecule has 1 aromatic carbocycles. The van der Waals surface area contributed by atoms with E-state index in [2.05, 4.69) is 10.3 Å². The van der Waals surface area contributed by atoms with E-state index >= 15 is 0 Å². The first-order valence-corrected chi connectivity index (χ1v) is 9.77. The number of carbonyl (C=O) groups is 2. The van der Waals surface area contributed by atoms with Crippen LogP contribution in [0.5, 0.6) is 0 Å². The third-order valence-electron chi connectivity index (χ3n) is 4.86. The number of hydrogen-bond acceptors (Lipinski definition) is 5. The molecule has 2 N–H and O–H groups in total. The van der Waals surface area contributed by atoms with Crippen molar-refractivity contribution in [3.63, 3.8) is 0 Å². The molecule has 2 aliphatic rings. The first kappa shape index (κ1) is 15.7. The van der Waals surface area contributed by atoms with Crippen LogP contribution in [0.25, 0.3) is 10.2 Å². The van der Waals surface area contributed by atoms with Gasteiger partial charge in [-0.25, -0.2) is 4.98 Å². The molecule has 7 heteroatoms. The van der Waals surface area contributed by atoms with E-state index in [4.69, 9.17) is 0 Å². The number of thioether (sulfide) groups is 1. The third-order valence-corrected chi connectivity index (χ3v) is 6.86. The number of aliphatic carboxylic acids is 1. The van der Waals surface area contributed by atoms with Crippen molar-refractivity contribution in [1.82, 2.24) is 4.98 Å². The Balaban J connectivity index is 1.57. The summed E-state index contributed by atoms with van der Waals surface area (Å²) in [6, 6.07) is 5.61. The number of allylic oxidation sites excluding steroid dienone is 2. The largest absolute Gasteiger partial charge is 0.481 e. The van der Waals surface area contributed by atoms with Gasteiger partial charge in [0, 0.05) is 5.69 Å². The molecule has 5 nitrogen and oxygen atoms in total. The van der Waals surface area contributed by atoms with Crippen molar-refractivity contribution in [2.24, 2.45) is 23.7 Å². The zero-order chi connectivity index (χ0) is 16.8. The van der Waals surface area contributed by atoms with Crippen LogP contribution >= 0.6 is 23.1 Å². The number of thiazole rings is 1. The highest BCUT2D eigenvalue weighted by atomic mass is 32.2. The van der Waals surface area contributed by atoms with E-state index in [0.717, 1.165) is 21.0 Å². The molecule has 1 saturated carbocycles. The average molecular weight is 360 g/mol. The standard InChI is InChI=1S/C17H16N2O3S2/c1-23-17-19-11-5-4-10(7-12(11)24-17)18-15(20)13-8-2-3-9(6-8)14(13)16(21)22/h2-5,7-9,13-14H,6H2,1H3,(H,18,20)(H,21,22)/t8-,9-,13-,14+/m0/s1. The lowest BCUT2D eigenvalue weighted by Crippen LogP contribution is -2.36. The fourth-order valence-electron chi connectivity index (χ4n) is 3.81. The van der Waals surface area contributed by atoms with E-state index in [1.165, 1.54) is 0 Å². The van der Waals surface area contributed by atoms with E-state index in [1.54, 1.807) is 23.1 Å². The summed E-state index contributed by atoms with van der Waals surface area (Å²) in [5.74, 6) is -2.17. The molecule has 2 bridgehead atoms. The minimum atomic E-state index is -0.880. The van der Waals surface area contributed by atoms with Crippen molar-refractivity contribution >= 4 is 50.9 Å². The third kappa shape index (κ3) is 2.52. The summed E-state index contributed by atoms with van der Waals surface area (Å²) in [5, 5.41) is 12.4. The van der Waals surface area contributed by atoms with Gasteiger partial charge in [0.1, 0.15) is 0 Å². The highest BCUT2D eigenvalue weighted by Crippen LogP contribution is 2.48. The summed E-state index contributed by atoms with van der Waals surface area (Å²) in [4.78, 5) is 28.7. The van der Waals surface area contributed by atoms with Crippen LogP contribution < -0.4 is 5.32 Å². The first-order chi connectivity index (χ1) is 11.6. The Morgan fingerprint density at radius 1 is 1.29 bits per heavy atom. The summed E-state index contributed by atoms with van der Waals surface area (Å²) in [5.41, 5.74) is 1.60. The van der Waals surface area contributed by atoms with Crippen LogP contribution in [-0.2, 0) is 9.59 Å². The van der Waals surface area contributed by atoms with Gasteiger partial charge in [-0.05, 0) is 42.7 Å². The topological polar surface area (TPSA) is 79.3 Å². The number of rotatable bonds is 4. The number of anilines is 1. The number of carboxylic acid groups (broad SMARTS) is 1. The van der Waals surface area contributed by atoms with E-state index in [0.29, 0.717) is 5.69 Å². The van der Waals surface area contributed by atoms with Gasteiger partial charge in [-0.3, -0.25) is 9.59 Å². The monoisotopic (exact) mass is 360 g/mol. The van der Waals surface area contributed by atoms with Gasteiger partial charge in [0.15, 0.2) is 4.34 Å². The molecule has 1 fully saturated rings. The molecule has 2 aromatic rings. The fourth-order valence-corrected chi connectivity index (χ4v) is 5.34. The minimum absolute atomic E-state index is 0.0173. The maximum absolute atomic E-state index is 12.7. The zero-order valence-corrected chi connectivity index (χ0v) is 14.6. The maximum atomic E-state index is 12.7. The van der Waals surface area contributed by atoms with Crippen molar-refractivity contribution in [3.05, 3.63) is 30.4 Å². The van der Waals surface area contributed by atoms with Crippen LogP contribution in [0.3, 0.4) is 0 Å². The molecule has 1 amide bonds. The van der Waals surface area contributed by atoms with Gasteiger partial charge in [0.2, 0.25) is 5.91 Å². The Hall–Kier alpha value is -1.86. The summed E-state index contributed by atoms with van der Waals surface area (Å²) in [6.45, 7) is 0. The maximum Gasteiger partial charge on any atom is 0.307 e. The summed E-state index contributed by atoms with van der Waals surface area (Å²) in [7, 11) is 0. The summed E-state index contributed by atoms with van der Waals surface area (Å²) in [6.07, 6.45) is 6.68. The lowest BCUT2D eigenvalue weighted by atomic mass is 9.82. The van der Waals surface area contributed by atoms with Crippen molar-refractivity contribution < 1.29 is 14.7 Å². The Bertz CT molecular complexity index is 861. The molecule has 0 spiro atoms. The van der Waals surface area contributed by atoms with Gasteiger partial charge in [0.05, 0.1) is 22.1 Å². The Labute approximate surface area is 147 Å².